The summed E-state index contributed by atoms with van der Waals surface area (Å²) in [5.74, 6) is -1.24. The number of amides is 2. The monoisotopic (exact) mass is 300 g/mol. The molecule has 0 aliphatic carbocycles. The number of carbonyl (C=O) groups is 3. The summed E-state index contributed by atoms with van der Waals surface area (Å²) in [5, 5.41) is 8.69. The zero-order chi connectivity index (χ0) is 15.8. The maximum Gasteiger partial charge on any atom is 0.320 e. The van der Waals surface area contributed by atoms with Gasteiger partial charge in [-0.3, -0.25) is 9.59 Å². The van der Waals surface area contributed by atoms with Gasteiger partial charge in [0, 0.05) is 26.2 Å². The van der Waals surface area contributed by atoms with Gasteiger partial charge in [0.25, 0.3) is 0 Å². The van der Waals surface area contributed by atoms with E-state index < -0.39 is 5.97 Å². The number of aliphatic carboxylic acids is 1. The highest BCUT2D eigenvalue weighted by Crippen LogP contribution is 2.19. The fourth-order valence-electron chi connectivity index (χ4n) is 2.39. The Labute approximate surface area is 124 Å². The van der Waals surface area contributed by atoms with Gasteiger partial charge in [0.1, 0.15) is 0 Å². The van der Waals surface area contributed by atoms with Gasteiger partial charge in [-0.15, -0.1) is 0 Å². The van der Waals surface area contributed by atoms with Crippen LogP contribution in [0.3, 0.4) is 0 Å². The number of rotatable bonds is 6. The van der Waals surface area contributed by atoms with E-state index in [1.54, 1.807) is 11.8 Å². The number of carboxylic acid groups (broad SMARTS) is 1. The minimum atomic E-state index is -0.915. The van der Waals surface area contributed by atoms with Crippen LogP contribution in [0.25, 0.3) is 0 Å². The Morgan fingerprint density at radius 3 is 2.33 bits per heavy atom. The van der Waals surface area contributed by atoms with E-state index in [2.05, 4.69) is 0 Å². The lowest BCUT2D eigenvalue weighted by atomic mass is 9.97. The predicted molar refractivity (Wildman–Crippen MR) is 75.8 cm³/mol. The van der Waals surface area contributed by atoms with Crippen molar-refractivity contribution in [1.82, 2.24) is 9.80 Å². The fourth-order valence-corrected chi connectivity index (χ4v) is 2.39. The summed E-state index contributed by atoms with van der Waals surface area (Å²) in [7, 11) is 0. The molecule has 0 unspecified atom stereocenters. The second-order valence-electron chi connectivity index (χ2n) is 5.02. The number of esters is 1. The number of hydrogen-bond acceptors (Lipinski definition) is 4. The molecule has 1 rings (SSSR count). The van der Waals surface area contributed by atoms with E-state index in [0.717, 1.165) is 0 Å². The molecule has 0 radical (unpaired) electrons. The number of carbonyl (C=O) groups excluding carboxylic acids is 2. The molecule has 1 fully saturated rings. The number of ether oxygens (including phenoxy) is 1. The molecule has 0 saturated carbocycles. The standard InChI is InChI=1S/C14H24N2O5/c1-3-15(10-7-12(17)18)14(20)16-8-5-11(6-9-16)13(19)21-4-2/h11H,3-10H2,1-2H3,(H,17,18). The van der Waals surface area contributed by atoms with Crippen molar-refractivity contribution in [2.75, 3.05) is 32.8 Å². The summed E-state index contributed by atoms with van der Waals surface area (Å²) in [6.07, 6.45) is 1.14. The Morgan fingerprint density at radius 2 is 1.86 bits per heavy atom. The molecule has 0 aromatic heterocycles. The van der Waals surface area contributed by atoms with Gasteiger partial charge in [0.05, 0.1) is 18.9 Å². The van der Waals surface area contributed by atoms with Crippen molar-refractivity contribution in [3.8, 4) is 0 Å². The van der Waals surface area contributed by atoms with Gasteiger partial charge in [0.2, 0.25) is 0 Å². The fraction of sp³-hybridized carbons (Fsp3) is 0.786. The molecule has 1 heterocycles. The van der Waals surface area contributed by atoms with E-state index in [1.807, 2.05) is 6.92 Å². The van der Waals surface area contributed by atoms with Gasteiger partial charge < -0.3 is 19.6 Å². The Morgan fingerprint density at radius 1 is 1.24 bits per heavy atom. The molecule has 1 N–H and O–H groups in total. The summed E-state index contributed by atoms with van der Waals surface area (Å²) in [4.78, 5) is 37.7. The number of urea groups is 1. The SMILES string of the molecule is CCOC(=O)C1CCN(C(=O)N(CC)CCC(=O)O)CC1. The molecule has 1 aliphatic rings. The van der Waals surface area contributed by atoms with Gasteiger partial charge in [-0.25, -0.2) is 4.79 Å². The highest BCUT2D eigenvalue weighted by molar-refractivity contribution is 5.76. The first-order valence-electron chi connectivity index (χ1n) is 7.41. The van der Waals surface area contributed by atoms with Crippen LogP contribution in [0.4, 0.5) is 4.79 Å². The van der Waals surface area contributed by atoms with Crippen molar-refractivity contribution in [1.29, 1.82) is 0 Å². The third-order valence-corrected chi connectivity index (χ3v) is 3.63. The zero-order valence-electron chi connectivity index (χ0n) is 12.7. The second kappa shape index (κ2) is 8.49. The van der Waals surface area contributed by atoms with E-state index in [4.69, 9.17) is 9.84 Å². The van der Waals surface area contributed by atoms with Gasteiger partial charge in [-0.1, -0.05) is 0 Å². The quantitative estimate of drug-likeness (QED) is 0.744. The van der Waals surface area contributed by atoms with E-state index in [9.17, 15) is 14.4 Å². The van der Waals surface area contributed by atoms with E-state index in [1.165, 1.54) is 4.90 Å². The minimum absolute atomic E-state index is 0.0567. The number of nitrogens with zero attached hydrogens (tertiary/aromatic N) is 2. The van der Waals surface area contributed by atoms with Crippen LogP contribution in [-0.2, 0) is 14.3 Å². The lowest BCUT2D eigenvalue weighted by Crippen LogP contribution is -2.48. The van der Waals surface area contributed by atoms with Gasteiger partial charge in [-0.05, 0) is 26.7 Å². The van der Waals surface area contributed by atoms with Crippen LogP contribution in [0.2, 0.25) is 0 Å². The van der Waals surface area contributed by atoms with Crippen LogP contribution >= 0.6 is 0 Å². The summed E-state index contributed by atoms with van der Waals surface area (Å²) in [6, 6.07) is -0.152. The molecule has 0 atom stereocenters. The van der Waals surface area contributed by atoms with E-state index in [0.29, 0.717) is 39.1 Å². The molecule has 0 bridgehead atoms. The second-order valence-corrected chi connectivity index (χ2v) is 5.02. The molecule has 120 valence electrons. The number of carboxylic acids is 1. The van der Waals surface area contributed by atoms with Crippen LogP contribution in [-0.4, -0.2) is 65.7 Å². The Bertz CT molecular complexity index is 378. The van der Waals surface area contributed by atoms with Gasteiger partial charge >= 0.3 is 18.0 Å². The molecule has 0 spiro atoms. The molecule has 21 heavy (non-hydrogen) atoms. The lowest BCUT2D eigenvalue weighted by Gasteiger charge is -2.34. The van der Waals surface area contributed by atoms with Crippen molar-refractivity contribution in [3.63, 3.8) is 0 Å². The Balaban J connectivity index is 2.46. The average Bonchev–Trinajstić information content (AvgIpc) is 2.47. The number of likely N-dealkylation sites (tertiary alicyclic amines) is 1. The topological polar surface area (TPSA) is 87.2 Å². The maximum absolute atomic E-state index is 12.3. The first kappa shape index (κ1) is 17.3. The maximum atomic E-state index is 12.3. The summed E-state index contributed by atoms with van der Waals surface area (Å²) in [6.45, 7) is 5.67. The highest BCUT2D eigenvalue weighted by atomic mass is 16.5. The van der Waals surface area contributed by atoms with Crippen molar-refractivity contribution in [2.24, 2.45) is 5.92 Å². The van der Waals surface area contributed by atoms with Crippen LogP contribution in [0.15, 0.2) is 0 Å². The Hall–Kier alpha value is -1.79. The number of hydrogen-bond donors (Lipinski definition) is 1. The molecule has 7 nitrogen and oxygen atoms in total. The van der Waals surface area contributed by atoms with Crippen molar-refractivity contribution >= 4 is 18.0 Å². The largest absolute Gasteiger partial charge is 0.481 e. The van der Waals surface area contributed by atoms with Crippen LogP contribution < -0.4 is 0 Å². The van der Waals surface area contributed by atoms with Crippen LogP contribution in [0.1, 0.15) is 33.1 Å². The number of piperidine rings is 1. The van der Waals surface area contributed by atoms with Gasteiger partial charge in [-0.2, -0.15) is 0 Å². The molecule has 2 amide bonds. The summed E-state index contributed by atoms with van der Waals surface area (Å²) < 4.78 is 4.99. The molecule has 0 aromatic rings. The average molecular weight is 300 g/mol. The third-order valence-electron chi connectivity index (χ3n) is 3.63. The predicted octanol–water partition coefficient (Wildman–Crippen LogP) is 1.18. The van der Waals surface area contributed by atoms with E-state index in [-0.39, 0.29) is 30.9 Å². The highest BCUT2D eigenvalue weighted by Gasteiger charge is 2.29. The Kier molecular flexibility index (Phi) is 6.98. The normalized spacial score (nSPS) is 15.6. The molecular weight excluding hydrogens is 276 g/mol. The smallest absolute Gasteiger partial charge is 0.320 e. The van der Waals surface area contributed by atoms with E-state index >= 15 is 0 Å². The lowest BCUT2D eigenvalue weighted by molar-refractivity contribution is -0.149. The van der Waals surface area contributed by atoms with Crippen molar-refractivity contribution in [2.45, 2.75) is 33.1 Å². The van der Waals surface area contributed by atoms with Crippen LogP contribution in [0.5, 0.6) is 0 Å². The zero-order valence-corrected chi connectivity index (χ0v) is 12.7. The molecular formula is C14H24N2O5. The van der Waals surface area contributed by atoms with Crippen molar-refractivity contribution < 1.29 is 24.2 Å². The first-order chi connectivity index (χ1) is 9.99. The van der Waals surface area contributed by atoms with Crippen LogP contribution in [0, 0.1) is 5.92 Å². The first-order valence-corrected chi connectivity index (χ1v) is 7.41. The van der Waals surface area contributed by atoms with Crippen molar-refractivity contribution in [3.05, 3.63) is 0 Å². The molecule has 7 heteroatoms. The summed E-state index contributed by atoms with van der Waals surface area (Å²) >= 11 is 0. The molecule has 1 aliphatic heterocycles. The summed E-state index contributed by atoms with van der Waals surface area (Å²) in [5.41, 5.74) is 0. The minimum Gasteiger partial charge on any atom is -0.481 e. The molecule has 0 aromatic carbocycles. The molecule has 1 saturated heterocycles. The van der Waals surface area contributed by atoms with Gasteiger partial charge in [0.15, 0.2) is 0 Å². The third kappa shape index (κ3) is 5.24.